The van der Waals surface area contributed by atoms with Gasteiger partial charge < -0.3 is 15.4 Å². The number of phenols is 1. The molecule has 0 fully saturated rings. The van der Waals surface area contributed by atoms with E-state index in [2.05, 4.69) is 0 Å². The van der Waals surface area contributed by atoms with E-state index in [0.717, 1.165) is 27.5 Å². The first kappa shape index (κ1) is 9.09. The first-order valence-electron chi connectivity index (χ1n) is 5.13. The molecule has 2 aromatic carbocycles. The fourth-order valence-electron chi connectivity index (χ4n) is 2.21. The van der Waals surface area contributed by atoms with Gasteiger partial charge in [0.25, 0.3) is 0 Å². The molecule has 0 saturated carbocycles. The number of nitrogens with zero attached hydrogens (tertiary/aromatic N) is 1. The molecule has 16 heavy (non-hydrogen) atoms. The van der Waals surface area contributed by atoms with Gasteiger partial charge in [-0.3, -0.25) is 0 Å². The predicted molar refractivity (Wildman–Crippen MR) is 66.5 cm³/mol. The van der Waals surface area contributed by atoms with Crippen molar-refractivity contribution < 1.29 is 5.11 Å². The minimum atomic E-state index is 0.284. The number of hydrogen-bond acceptors (Lipinski definition) is 2. The van der Waals surface area contributed by atoms with E-state index < -0.39 is 0 Å². The molecule has 3 N–H and O–H groups in total. The molecule has 0 saturated heterocycles. The van der Waals surface area contributed by atoms with E-state index in [-0.39, 0.29) is 5.75 Å². The van der Waals surface area contributed by atoms with Crippen molar-refractivity contribution in [2.75, 3.05) is 5.73 Å². The van der Waals surface area contributed by atoms with Crippen LogP contribution in [-0.2, 0) is 7.05 Å². The Bertz CT molecular complexity index is 639. The fraction of sp³-hybridized carbons (Fsp3) is 0.0769. The van der Waals surface area contributed by atoms with Crippen LogP contribution in [0.4, 0.5) is 5.69 Å². The van der Waals surface area contributed by atoms with Crippen LogP contribution in [0, 0.1) is 0 Å². The average Bonchev–Trinajstić information content (AvgIpc) is 2.53. The number of fused-ring (bicyclic) bond motifs is 3. The summed E-state index contributed by atoms with van der Waals surface area (Å²) in [6.45, 7) is 0. The van der Waals surface area contributed by atoms with Crippen molar-refractivity contribution >= 4 is 27.5 Å². The van der Waals surface area contributed by atoms with Gasteiger partial charge in [-0.2, -0.15) is 0 Å². The van der Waals surface area contributed by atoms with Gasteiger partial charge >= 0.3 is 0 Å². The largest absolute Gasteiger partial charge is 0.508 e. The molecular formula is C13H12N2O. The summed E-state index contributed by atoms with van der Waals surface area (Å²) in [5.74, 6) is 0.284. The maximum Gasteiger partial charge on any atom is 0.117 e. The highest BCUT2D eigenvalue weighted by Gasteiger charge is 2.08. The zero-order valence-electron chi connectivity index (χ0n) is 8.94. The van der Waals surface area contributed by atoms with Crippen LogP contribution in [0.5, 0.6) is 5.75 Å². The first-order chi connectivity index (χ1) is 7.66. The van der Waals surface area contributed by atoms with Gasteiger partial charge in [-0.1, -0.05) is 6.07 Å². The van der Waals surface area contributed by atoms with E-state index in [1.165, 1.54) is 0 Å². The molecule has 0 aliphatic heterocycles. The Kier molecular flexibility index (Phi) is 1.66. The third kappa shape index (κ3) is 1.08. The number of nitrogens with two attached hydrogens (primary N) is 1. The van der Waals surface area contributed by atoms with Gasteiger partial charge in [-0.05, 0) is 24.3 Å². The molecule has 0 atom stereocenters. The molecule has 0 aliphatic carbocycles. The number of aromatic hydroxyl groups is 1. The Morgan fingerprint density at radius 3 is 2.38 bits per heavy atom. The fourth-order valence-corrected chi connectivity index (χ4v) is 2.21. The summed E-state index contributed by atoms with van der Waals surface area (Å²) in [5.41, 5.74) is 8.63. The molecule has 1 heterocycles. The average molecular weight is 212 g/mol. The Labute approximate surface area is 92.7 Å². The van der Waals surface area contributed by atoms with E-state index >= 15 is 0 Å². The minimum Gasteiger partial charge on any atom is -0.508 e. The number of hydrogen-bond donors (Lipinski definition) is 2. The highest BCUT2D eigenvalue weighted by molar-refractivity contribution is 6.09. The summed E-state index contributed by atoms with van der Waals surface area (Å²) in [5, 5.41) is 11.8. The Morgan fingerprint density at radius 1 is 1.00 bits per heavy atom. The van der Waals surface area contributed by atoms with Crippen LogP contribution in [0.1, 0.15) is 0 Å². The standard InChI is InChI=1S/C13H12N2O/c1-15-12-6-8(14)2-4-10(12)11-5-3-9(16)7-13(11)15/h2-7,16H,14H2,1H3. The van der Waals surface area contributed by atoms with E-state index in [4.69, 9.17) is 5.73 Å². The molecule has 3 aromatic rings. The van der Waals surface area contributed by atoms with E-state index in [1.54, 1.807) is 12.1 Å². The third-order valence-corrected chi connectivity index (χ3v) is 3.02. The summed E-state index contributed by atoms with van der Waals surface area (Å²) < 4.78 is 2.04. The zero-order chi connectivity index (χ0) is 11.3. The number of aryl methyl sites for hydroxylation is 1. The lowest BCUT2D eigenvalue weighted by Crippen LogP contribution is -1.88. The van der Waals surface area contributed by atoms with Gasteiger partial charge in [0.15, 0.2) is 0 Å². The second-order valence-corrected chi connectivity index (χ2v) is 4.04. The molecule has 80 valence electrons. The van der Waals surface area contributed by atoms with Crippen LogP contribution < -0.4 is 5.73 Å². The van der Waals surface area contributed by atoms with Crippen LogP contribution in [0.3, 0.4) is 0 Å². The number of aromatic nitrogens is 1. The molecule has 0 bridgehead atoms. The van der Waals surface area contributed by atoms with Gasteiger partial charge in [0.2, 0.25) is 0 Å². The maximum absolute atomic E-state index is 9.50. The highest BCUT2D eigenvalue weighted by atomic mass is 16.3. The number of nitrogen functional groups attached to an aromatic ring is 1. The Morgan fingerprint density at radius 2 is 1.62 bits per heavy atom. The Balaban J connectivity index is 2.59. The predicted octanol–water partition coefficient (Wildman–Crippen LogP) is 2.62. The second kappa shape index (κ2) is 2.92. The van der Waals surface area contributed by atoms with Crippen LogP contribution >= 0.6 is 0 Å². The van der Waals surface area contributed by atoms with Gasteiger partial charge in [0, 0.05) is 29.6 Å². The van der Waals surface area contributed by atoms with Crippen molar-refractivity contribution in [2.24, 2.45) is 7.05 Å². The summed E-state index contributed by atoms with van der Waals surface area (Å²) >= 11 is 0. The van der Waals surface area contributed by atoms with Gasteiger partial charge in [-0.25, -0.2) is 0 Å². The monoisotopic (exact) mass is 212 g/mol. The second-order valence-electron chi connectivity index (χ2n) is 4.04. The zero-order valence-corrected chi connectivity index (χ0v) is 8.94. The molecule has 3 nitrogen and oxygen atoms in total. The lowest BCUT2D eigenvalue weighted by molar-refractivity contribution is 0.476. The molecular weight excluding hydrogens is 200 g/mol. The van der Waals surface area contributed by atoms with E-state index in [0.29, 0.717) is 0 Å². The summed E-state index contributed by atoms with van der Waals surface area (Å²) in [4.78, 5) is 0. The topological polar surface area (TPSA) is 51.2 Å². The normalized spacial score (nSPS) is 11.3. The molecule has 0 aliphatic rings. The maximum atomic E-state index is 9.50. The number of benzene rings is 2. The third-order valence-electron chi connectivity index (χ3n) is 3.02. The number of anilines is 1. The lowest BCUT2D eigenvalue weighted by Gasteiger charge is -1.98. The van der Waals surface area contributed by atoms with Gasteiger partial charge in [0.05, 0.1) is 11.0 Å². The number of phenolic OH excluding ortho intramolecular Hbond substituents is 1. The SMILES string of the molecule is Cn1c2cc(N)ccc2c2ccc(O)cc21. The van der Waals surface area contributed by atoms with Crippen molar-refractivity contribution in [1.82, 2.24) is 4.57 Å². The van der Waals surface area contributed by atoms with Crippen molar-refractivity contribution in [2.45, 2.75) is 0 Å². The number of rotatable bonds is 0. The van der Waals surface area contributed by atoms with E-state index in [9.17, 15) is 5.11 Å². The summed E-state index contributed by atoms with van der Waals surface area (Å²) in [6.07, 6.45) is 0. The van der Waals surface area contributed by atoms with Crippen LogP contribution in [0.15, 0.2) is 36.4 Å². The quantitative estimate of drug-likeness (QED) is 0.563. The molecule has 3 rings (SSSR count). The molecule has 0 amide bonds. The summed E-state index contributed by atoms with van der Waals surface area (Å²) in [6, 6.07) is 11.3. The van der Waals surface area contributed by atoms with Crippen molar-refractivity contribution in [3.05, 3.63) is 36.4 Å². The Hall–Kier alpha value is -2.16. The van der Waals surface area contributed by atoms with Crippen LogP contribution in [0.2, 0.25) is 0 Å². The molecule has 0 radical (unpaired) electrons. The first-order valence-corrected chi connectivity index (χ1v) is 5.13. The molecule has 0 unspecified atom stereocenters. The smallest absolute Gasteiger partial charge is 0.117 e. The van der Waals surface area contributed by atoms with Crippen molar-refractivity contribution in [1.29, 1.82) is 0 Å². The van der Waals surface area contributed by atoms with Gasteiger partial charge in [-0.15, -0.1) is 0 Å². The van der Waals surface area contributed by atoms with Crippen molar-refractivity contribution in [3.63, 3.8) is 0 Å². The lowest BCUT2D eigenvalue weighted by atomic mass is 10.1. The van der Waals surface area contributed by atoms with Crippen molar-refractivity contribution in [3.8, 4) is 5.75 Å². The molecule has 3 heteroatoms. The van der Waals surface area contributed by atoms with Gasteiger partial charge in [0.1, 0.15) is 5.75 Å². The minimum absolute atomic E-state index is 0.284. The van der Waals surface area contributed by atoms with E-state index in [1.807, 2.05) is 35.9 Å². The van der Waals surface area contributed by atoms with Crippen LogP contribution in [-0.4, -0.2) is 9.67 Å². The highest BCUT2D eigenvalue weighted by Crippen LogP contribution is 2.31. The molecule has 0 spiro atoms. The summed E-state index contributed by atoms with van der Waals surface area (Å²) in [7, 11) is 1.98. The molecule has 1 aromatic heterocycles. The van der Waals surface area contributed by atoms with Crippen LogP contribution in [0.25, 0.3) is 21.8 Å².